The van der Waals surface area contributed by atoms with Crippen molar-refractivity contribution in [3.63, 3.8) is 0 Å². The molecule has 1 aromatic heterocycles. The fraction of sp³-hybridized carbons (Fsp3) is 0.222. The molecule has 13 heavy (non-hydrogen) atoms. The minimum Gasteiger partial charge on any atom is -0.497 e. The molecule has 1 aromatic carbocycles. The Labute approximate surface area is 84.9 Å². The summed E-state index contributed by atoms with van der Waals surface area (Å²) in [7, 11) is 1.67. The van der Waals surface area contributed by atoms with Crippen LogP contribution in [0.1, 0.15) is 0 Å². The van der Waals surface area contributed by atoms with Crippen LogP contribution in [0.3, 0.4) is 0 Å². The van der Waals surface area contributed by atoms with Crippen molar-refractivity contribution >= 4 is 33.3 Å². The number of thioether (sulfide) groups is 1. The Bertz CT molecular complexity index is 422. The van der Waals surface area contributed by atoms with Crippen molar-refractivity contribution in [1.29, 1.82) is 0 Å². The van der Waals surface area contributed by atoms with Gasteiger partial charge in [-0.2, -0.15) is 0 Å². The smallest absolute Gasteiger partial charge is 0.150 e. The van der Waals surface area contributed by atoms with Crippen LogP contribution in [0.25, 0.3) is 10.2 Å². The Morgan fingerprint density at radius 3 is 3.00 bits per heavy atom. The van der Waals surface area contributed by atoms with Crippen LogP contribution in [0.2, 0.25) is 0 Å². The maximum atomic E-state index is 5.12. The fourth-order valence-corrected chi connectivity index (χ4v) is 2.57. The molecule has 0 saturated heterocycles. The van der Waals surface area contributed by atoms with E-state index in [0.29, 0.717) is 0 Å². The van der Waals surface area contributed by atoms with E-state index < -0.39 is 0 Å². The van der Waals surface area contributed by atoms with Crippen molar-refractivity contribution in [3.8, 4) is 5.75 Å². The first-order valence-corrected chi connectivity index (χ1v) is 5.86. The Hall–Kier alpha value is -0.740. The lowest BCUT2D eigenvalue weighted by Crippen LogP contribution is -1.80. The van der Waals surface area contributed by atoms with Crippen LogP contribution in [0.4, 0.5) is 0 Å². The number of benzene rings is 1. The number of thiazole rings is 1. The number of methoxy groups -OCH3 is 1. The SMILES string of the molecule is COc1ccc2sc(SC)nc2c1. The molecule has 0 aliphatic heterocycles. The molecule has 2 rings (SSSR count). The average Bonchev–Trinajstić information content (AvgIpc) is 2.58. The standard InChI is InChI=1S/C9H9NOS2/c1-11-6-3-4-8-7(5-6)10-9(12-2)13-8/h3-5H,1-2H3. The Morgan fingerprint density at radius 1 is 1.46 bits per heavy atom. The van der Waals surface area contributed by atoms with E-state index in [0.717, 1.165) is 15.6 Å². The van der Waals surface area contributed by atoms with Crippen LogP contribution in [0.15, 0.2) is 22.5 Å². The molecular weight excluding hydrogens is 202 g/mol. The Balaban J connectivity index is 2.57. The van der Waals surface area contributed by atoms with E-state index >= 15 is 0 Å². The first-order chi connectivity index (χ1) is 6.33. The number of aromatic nitrogens is 1. The Kier molecular flexibility index (Phi) is 2.42. The number of fused-ring (bicyclic) bond motifs is 1. The highest BCUT2D eigenvalue weighted by Crippen LogP contribution is 2.30. The van der Waals surface area contributed by atoms with Crippen molar-refractivity contribution in [1.82, 2.24) is 4.98 Å². The van der Waals surface area contributed by atoms with Gasteiger partial charge in [0.15, 0.2) is 4.34 Å². The summed E-state index contributed by atoms with van der Waals surface area (Å²) in [6.07, 6.45) is 2.04. The largest absolute Gasteiger partial charge is 0.497 e. The van der Waals surface area contributed by atoms with E-state index in [-0.39, 0.29) is 0 Å². The summed E-state index contributed by atoms with van der Waals surface area (Å²) in [6, 6.07) is 5.97. The van der Waals surface area contributed by atoms with Gasteiger partial charge in [0.1, 0.15) is 5.75 Å². The van der Waals surface area contributed by atoms with Crippen LogP contribution < -0.4 is 4.74 Å². The quantitative estimate of drug-likeness (QED) is 0.713. The number of ether oxygens (including phenoxy) is 1. The van der Waals surface area contributed by atoms with Gasteiger partial charge < -0.3 is 4.74 Å². The lowest BCUT2D eigenvalue weighted by molar-refractivity contribution is 0.415. The van der Waals surface area contributed by atoms with E-state index in [4.69, 9.17) is 4.74 Å². The normalized spacial score (nSPS) is 10.6. The third-order valence-corrected chi connectivity index (χ3v) is 3.77. The summed E-state index contributed by atoms with van der Waals surface area (Å²) in [5, 5.41) is 0. The first-order valence-electron chi connectivity index (χ1n) is 3.82. The van der Waals surface area contributed by atoms with E-state index in [2.05, 4.69) is 4.98 Å². The van der Waals surface area contributed by atoms with Gasteiger partial charge in [-0.25, -0.2) is 4.98 Å². The molecule has 0 N–H and O–H groups in total. The zero-order valence-corrected chi connectivity index (χ0v) is 9.04. The molecule has 0 saturated carbocycles. The van der Waals surface area contributed by atoms with Gasteiger partial charge in [-0.05, 0) is 18.4 Å². The highest BCUT2D eigenvalue weighted by Gasteiger charge is 2.03. The van der Waals surface area contributed by atoms with Gasteiger partial charge in [0.05, 0.1) is 17.3 Å². The maximum absolute atomic E-state index is 5.12. The molecule has 0 fully saturated rings. The van der Waals surface area contributed by atoms with Crippen LogP contribution >= 0.6 is 23.1 Å². The molecule has 0 aliphatic carbocycles. The van der Waals surface area contributed by atoms with Crippen molar-refractivity contribution in [2.45, 2.75) is 4.34 Å². The molecule has 0 aliphatic rings. The van der Waals surface area contributed by atoms with E-state index in [1.54, 1.807) is 30.2 Å². The summed E-state index contributed by atoms with van der Waals surface area (Å²) < 4.78 is 7.44. The zero-order chi connectivity index (χ0) is 9.26. The highest BCUT2D eigenvalue weighted by molar-refractivity contribution is 8.00. The van der Waals surface area contributed by atoms with Gasteiger partial charge in [0.25, 0.3) is 0 Å². The van der Waals surface area contributed by atoms with Crippen molar-refractivity contribution in [2.24, 2.45) is 0 Å². The third-order valence-electron chi connectivity index (χ3n) is 1.75. The summed E-state index contributed by atoms with van der Waals surface area (Å²) >= 11 is 3.39. The van der Waals surface area contributed by atoms with Gasteiger partial charge >= 0.3 is 0 Å². The topological polar surface area (TPSA) is 22.1 Å². The van der Waals surface area contributed by atoms with Crippen molar-refractivity contribution in [2.75, 3.05) is 13.4 Å². The molecule has 0 bridgehead atoms. The predicted octanol–water partition coefficient (Wildman–Crippen LogP) is 3.03. The number of hydrogen-bond acceptors (Lipinski definition) is 4. The first kappa shape index (κ1) is 8.84. The van der Waals surface area contributed by atoms with E-state index in [1.807, 2.05) is 24.5 Å². The van der Waals surface area contributed by atoms with Crippen molar-refractivity contribution in [3.05, 3.63) is 18.2 Å². The molecule has 0 atom stereocenters. The summed E-state index contributed by atoms with van der Waals surface area (Å²) in [6.45, 7) is 0. The second-order valence-corrected chi connectivity index (χ2v) is 4.60. The van der Waals surface area contributed by atoms with Crippen LogP contribution in [0, 0.1) is 0 Å². The predicted molar refractivity (Wildman–Crippen MR) is 58.0 cm³/mol. The summed E-state index contributed by atoms with van der Waals surface area (Å²) in [5.41, 5.74) is 1.02. The van der Waals surface area contributed by atoms with E-state index in [9.17, 15) is 0 Å². The van der Waals surface area contributed by atoms with Gasteiger partial charge in [-0.3, -0.25) is 0 Å². The van der Waals surface area contributed by atoms with Gasteiger partial charge in [0, 0.05) is 6.07 Å². The second kappa shape index (κ2) is 3.55. The summed E-state index contributed by atoms with van der Waals surface area (Å²) in [4.78, 5) is 4.44. The van der Waals surface area contributed by atoms with Gasteiger partial charge in [-0.15, -0.1) is 11.3 Å². The lowest BCUT2D eigenvalue weighted by atomic mass is 10.3. The molecule has 0 amide bonds. The molecule has 0 radical (unpaired) electrons. The summed E-state index contributed by atoms with van der Waals surface area (Å²) in [5.74, 6) is 0.866. The van der Waals surface area contributed by atoms with Gasteiger partial charge in [0.2, 0.25) is 0 Å². The highest BCUT2D eigenvalue weighted by atomic mass is 32.2. The third kappa shape index (κ3) is 1.64. The maximum Gasteiger partial charge on any atom is 0.150 e. The van der Waals surface area contributed by atoms with Crippen LogP contribution in [0.5, 0.6) is 5.75 Å². The second-order valence-electron chi connectivity index (χ2n) is 2.52. The molecule has 68 valence electrons. The minimum atomic E-state index is 0.866. The molecule has 0 unspecified atom stereocenters. The number of hydrogen-bond donors (Lipinski definition) is 0. The average molecular weight is 211 g/mol. The molecule has 2 nitrogen and oxygen atoms in total. The molecule has 1 heterocycles. The molecule has 4 heteroatoms. The fourth-order valence-electron chi connectivity index (χ4n) is 1.10. The number of nitrogens with zero attached hydrogens (tertiary/aromatic N) is 1. The molecular formula is C9H9NOS2. The minimum absolute atomic E-state index is 0.866. The van der Waals surface area contributed by atoms with Crippen LogP contribution in [-0.4, -0.2) is 18.3 Å². The van der Waals surface area contributed by atoms with E-state index in [1.165, 1.54) is 4.70 Å². The lowest BCUT2D eigenvalue weighted by Gasteiger charge is -1.96. The molecule has 2 aromatic rings. The number of rotatable bonds is 2. The van der Waals surface area contributed by atoms with Crippen LogP contribution in [-0.2, 0) is 0 Å². The van der Waals surface area contributed by atoms with Crippen molar-refractivity contribution < 1.29 is 4.74 Å². The monoisotopic (exact) mass is 211 g/mol. The van der Waals surface area contributed by atoms with Gasteiger partial charge in [-0.1, -0.05) is 11.8 Å². The zero-order valence-electron chi connectivity index (χ0n) is 7.40. The molecule has 0 spiro atoms. The Morgan fingerprint density at radius 2 is 2.31 bits per heavy atom.